The van der Waals surface area contributed by atoms with Gasteiger partial charge in [-0.1, -0.05) is 25.5 Å². The van der Waals surface area contributed by atoms with E-state index in [1.54, 1.807) is 0 Å². The van der Waals surface area contributed by atoms with E-state index in [1.807, 2.05) is 30.3 Å². The van der Waals surface area contributed by atoms with Gasteiger partial charge in [-0.05, 0) is 24.1 Å². The van der Waals surface area contributed by atoms with Crippen LogP contribution in [0.3, 0.4) is 0 Å². The van der Waals surface area contributed by atoms with Crippen LogP contribution in [0.5, 0.6) is 5.75 Å². The van der Waals surface area contributed by atoms with Gasteiger partial charge in [-0.15, -0.1) is 0 Å². The number of aliphatic hydroxyl groups is 1. The summed E-state index contributed by atoms with van der Waals surface area (Å²) in [5, 5.41) is 21.2. The highest BCUT2D eigenvalue weighted by atomic mass is 16.5. The Morgan fingerprint density at radius 1 is 1.50 bits per heavy atom. The predicted molar refractivity (Wildman–Crippen MR) is 70.2 cm³/mol. The number of ether oxygens (including phenoxy) is 1. The standard InChI is InChI=1S/C14H20N2O2/c1-2-4-13(17)11-16-10-12-5-3-6-14(9-12)18-8-7-15/h3,5-6,9,13,16-17H,2,4,8,10-11H2,1H3. The first kappa shape index (κ1) is 14.5. The fraction of sp³-hybridized carbons (Fsp3) is 0.500. The highest BCUT2D eigenvalue weighted by molar-refractivity contribution is 5.28. The van der Waals surface area contributed by atoms with Crippen LogP contribution in [0, 0.1) is 11.3 Å². The molecule has 0 spiro atoms. The second-order valence-electron chi connectivity index (χ2n) is 4.17. The third kappa shape index (κ3) is 5.67. The third-order valence-corrected chi connectivity index (χ3v) is 2.53. The minimum absolute atomic E-state index is 0.0616. The van der Waals surface area contributed by atoms with E-state index in [-0.39, 0.29) is 12.7 Å². The summed E-state index contributed by atoms with van der Waals surface area (Å²) in [5.74, 6) is 0.699. The van der Waals surface area contributed by atoms with Crippen molar-refractivity contribution in [1.29, 1.82) is 5.26 Å². The maximum absolute atomic E-state index is 9.57. The number of nitriles is 1. The Hall–Kier alpha value is -1.57. The SMILES string of the molecule is CCCC(O)CNCc1cccc(OCC#N)c1. The van der Waals surface area contributed by atoms with E-state index in [1.165, 1.54) is 0 Å². The van der Waals surface area contributed by atoms with Crippen LogP contribution >= 0.6 is 0 Å². The van der Waals surface area contributed by atoms with Gasteiger partial charge in [0.15, 0.2) is 6.61 Å². The van der Waals surface area contributed by atoms with Crippen molar-refractivity contribution >= 4 is 0 Å². The zero-order chi connectivity index (χ0) is 13.2. The smallest absolute Gasteiger partial charge is 0.174 e. The molecule has 0 saturated heterocycles. The zero-order valence-electron chi connectivity index (χ0n) is 10.7. The molecule has 0 radical (unpaired) electrons. The van der Waals surface area contributed by atoms with Gasteiger partial charge >= 0.3 is 0 Å². The fourth-order valence-electron chi connectivity index (χ4n) is 1.68. The van der Waals surface area contributed by atoms with E-state index >= 15 is 0 Å². The lowest BCUT2D eigenvalue weighted by molar-refractivity contribution is 0.160. The van der Waals surface area contributed by atoms with Gasteiger partial charge in [0, 0.05) is 13.1 Å². The molecule has 0 heterocycles. The van der Waals surface area contributed by atoms with Crippen molar-refractivity contribution in [2.45, 2.75) is 32.4 Å². The van der Waals surface area contributed by atoms with Crippen molar-refractivity contribution in [2.24, 2.45) is 0 Å². The van der Waals surface area contributed by atoms with Crippen molar-refractivity contribution in [1.82, 2.24) is 5.32 Å². The number of nitrogens with zero attached hydrogens (tertiary/aromatic N) is 1. The van der Waals surface area contributed by atoms with Crippen LogP contribution < -0.4 is 10.1 Å². The van der Waals surface area contributed by atoms with Crippen molar-refractivity contribution in [3.63, 3.8) is 0 Å². The van der Waals surface area contributed by atoms with Crippen molar-refractivity contribution in [3.8, 4) is 11.8 Å². The summed E-state index contributed by atoms with van der Waals surface area (Å²) >= 11 is 0. The lowest BCUT2D eigenvalue weighted by Crippen LogP contribution is -2.26. The molecule has 0 aliphatic rings. The quantitative estimate of drug-likeness (QED) is 0.736. The minimum atomic E-state index is -0.284. The van der Waals surface area contributed by atoms with Crippen molar-refractivity contribution in [3.05, 3.63) is 29.8 Å². The molecule has 0 saturated carbocycles. The molecule has 0 fully saturated rings. The molecule has 1 atom stereocenters. The van der Waals surface area contributed by atoms with Gasteiger partial charge in [0.2, 0.25) is 0 Å². The van der Waals surface area contributed by atoms with Crippen molar-refractivity contribution < 1.29 is 9.84 Å². The Morgan fingerprint density at radius 3 is 3.06 bits per heavy atom. The monoisotopic (exact) mass is 248 g/mol. The summed E-state index contributed by atoms with van der Waals surface area (Å²) in [6.07, 6.45) is 1.52. The summed E-state index contributed by atoms with van der Waals surface area (Å²) in [4.78, 5) is 0. The van der Waals surface area contributed by atoms with Crippen molar-refractivity contribution in [2.75, 3.05) is 13.2 Å². The predicted octanol–water partition coefficient (Wildman–Crippen LogP) is 1.84. The number of hydrogen-bond acceptors (Lipinski definition) is 4. The van der Waals surface area contributed by atoms with E-state index in [4.69, 9.17) is 10.00 Å². The lowest BCUT2D eigenvalue weighted by Gasteiger charge is -2.11. The molecular formula is C14H20N2O2. The summed E-state index contributed by atoms with van der Waals surface area (Å²) in [6, 6.07) is 9.54. The van der Waals surface area contributed by atoms with Gasteiger partial charge in [0.25, 0.3) is 0 Å². The van der Waals surface area contributed by atoms with E-state index in [2.05, 4.69) is 12.2 Å². The van der Waals surface area contributed by atoms with Gasteiger partial charge in [-0.25, -0.2) is 0 Å². The molecule has 4 heteroatoms. The van der Waals surface area contributed by atoms with Gasteiger partial charge in [-0.3, -0.25) is 0 Å². The highest BCUT2D eigenvalue weighted by Gasteiger charge is 2.02. The Labute approximate surface area is 108 Å². The first-order valence-corrected chi connectivity index (χ1v) is 6.23. The molecule has 0 amide bonds. The summed E-state index contributed by atoms with van der Waals surface area (Å²) in [6.45, 7) is 3.40. The maximum atomic E-state index is 9.57. The molecule has 4 nitrogen and oxygen atoms in total. The molecule has 1 unspecified atom stereocenters. The first-order valence-electron chi connectivity index (χ1n) is 6.23. The Kier molecular flexibility index (Phi) is 6.85. The van der Waals surface area contributed by atoms with E-state index < -0.39 is 0 Å². The molecule has 0 aliphatic carbocycles. The van der Waals surface area contributed by atoms with E-state index in [0.29, 0.717) is 18.8 Å². The molecule has 2 N–H and O–H groups in total. The second-order valence-corrected chi connectivity index (χ2v) is 4.17. The number of nitrogens with one attached hydrogen (secondary N) is 1. The second kappa shape index (κ2) is 8.51. The fourth-order valence-corrected chi connectivity index (χ4v) is 1.68. The van der Waals surface area contributed by atoms with E-state index in [9.17, 15) is 5.11 Å². The molecule has 98 valence electrons. The normalized spacial score (nSPS) is 11.8. The molecule has 0 aromatic heterocycles. The number of benzene rings is 1. The summed E-state index contributed by atoms with van der Waals surface area (Å²) in [7, 11) is 0. The molecule has 18 heavy (non-hydrogen) atoms. The molecule has 1 aromatic carbocycles. The summed E-state index contributed by atoms with van der Waals surface area (Å²) in [5.41, 5.74) is 1.08. The highest BCUT2D eigenvalue weighted by Crippen LogP contribution is 2.12. The molecule has 1 aromatic rings. The molecule has 0 aliphatic heterocycles. The van der Waals surface area contributed by atoms with Gasteiger partial charge in [0.1, 0.15) is 11.8 Å². The maximum Gasteiger partial charge on any atom is 0.174 e. The van der Waals surface area contributed by atoms with Crippen LogP contribution in [0.25, 0.3) is 0 Å². The number of hydrogen-bond donors (Lipinski definition) is 2. The Balaban J connectivity index is 2.35. The van der Waals surface area contributed by atoms with Crippen LogP contribution in [0.2, 0.25) is 0 Å². The minimum Gasteiger partial charge on any atom is -0.479 e. The molecular weight excluding hydrogens is 228 g/mol. The number of aliphatic hydroxyl groups excluding tert-OH is 1. The third-order valence-electron chi connectivity index (χ3n) is 2.53. The van der Waals surface area contributed by atoms with Gasteiger partial charge in [-0.2, -0.15) is 5.26 Å². The molecule has 0 bridgehead atoms. The van der Waals surface area contributed by atoms with Gasteiger partial charge in [0.05, 0.1) is 6.10 Å². The van der Waals surface area contributed by atoms with Crippen LogP contribution in [-0.4, -0.2) is 24.4 Å². The average Bonchev–Trinajstić information content (AvgIpc) is 2.37. The Morgan fingerprint density at radius 2 is 2.33 bits per heavy atom. The lowest BCUT2D eigenvalue weighted by atomic mass is 10.2. The first-order chi connectivity index (χ1) is 8.76. The topological polar surface area (TPSA) is 65.3 Å². The molecule has 1 rings (SSSR count). The largest absolute Gasteiger partial charge is 0.479 e. The van der Waals surface area contributed by atoms with E-state index in [0.717, 1.165) is 18.4 Å². The zero-order valence-corrected chi connectivity index (χ0v) is 10.7. The van der Waals surface area contributed by atoms with Crippen LogP contribution in [0.15, 0.2) is 24.3 Å². The van der Waals surface area contributed by atoms with Gasteiger partial charge < -0.3 is 15.2 Å². The van der Waals surface area contributed by atoms with Crippen LogP contribution in [0.1, 0.15) is 25.3 Å². The Bertz CT molecular complexity index is 388. The summed E-state index contributed by atoms with van der Waals surface area (Å²) < 4.78 is 5.22. The van der Waals surface area contributed by atoms with Crippen LogP contribution in [0.4, 0.5) is 0 Å². The van der Waals surface area contributed by atoms with Crippen LogP contribution in [-0.2, 0) is 6.54 Å². The average molecular weight is 248 g/mol. The number of rotatable bonds is 8.